The Morgan fingerprint density at radius 3 is 2.70 bits per heavy atom. The minimum absolute atomic E-state index is 0.144. The van der Waals surface area contributed by atoms with Crippen LogP contribution in [0.25, 0.3) is 0 Å². The summed E-state index contributed by atoms with van der Waals surface area (Å²) in [6.45, 7) is 11.0. The van der Waals surface area contributed by atoms with Gasteiger partial charge in [-0.3, -0.25) is 0 Å². The molecule has 1 atom stereocenters. The van der Waals surface area contributed by atoms with Gasteiger partial charge in [-0.15, -0.1) is 10.2 Å². The van der Waals surface area contributed by atoms with E-state index in [0.29, 0.717) is 6.54 Å². The summed E-state index contributed by atoms with van der Waals surface area (Å²) in [5, 5.41) is 15.2. The first-order valence-electron chi connectivity index (χ1n) is 9.56. The van der Waals surface area contributed by atoms with Gasteiger partial charge in [-0.1, -0.05) is 24.3 Å². The lowest BCUT2D eigenvalue weighted by molar-refractivity contribution is 0.145. The van der Waals surface area contributed by atoms with Gasteiger partial charge in [-0.2, -0.15) is 0 Å². The number of nitrogens with one attached hydrogen (secondary N) is 2. The van der Waals surface area contributed by atoms with Crippen molar-refractivity contribution in [2.24, 2.45) is 12.0 Å². The number of ether oxygens (including phenoxy) is 1. The second-order valence-corrected chi connectivity index (χ2v) is 6.59. The van der Waals surface area contributed by atoms with E-state index in [1.807, 2.05) is 25.5 Å². The highest BCUT2D eigenvalue weighted by molar-refractivity contribution is 5.80. The zero-order valence-electron chi connectivity index (χ0n) is 17.1. The van der Waals surface area contributed by atoms with Crippen LogP contribution in [0.15, 0.2) is 29.3 Å². The molecule has 7 heteroatoms. The SMILES string of the molecule is CCOCCCNC(=NCc1nnc(C)n1C)NC(C)c1ccccc1C. The number of hydrogen-bond acceptors (Lipinski definition) is 4. The van der Waals surface area contributed by atoms with E-state index >= 15 is 0 Å². The van der Waals surface area contributed by atoms with Gasteiger partial charge in [0.25, 0.3) is 0 Å². The Kier molecular flexibility index (Phi) is 8.26. The van der Waals surface area contributed by atoms with Gasteiger partial charge in [-0.25, -0.2) is 4.99 Å². The zero-order chi connectivity index (χ0) is 19.6. The van der Waals surface area contributed by atoms with Crippen molar-refractivity contribution in [3.05, 3.63) is 47.0 Å². The molecule has 0 aliphatic heterocycles. The first-order chi connectivity index (χ1) is 13.0. The van der Waals surface area contributed by atoms with Gasteiger partial charge >= 0.3 is 0 Å². The van der Waals surface area contributed by atoms with Gasteiger partial charge in [0.15, 0.2) is 11.8 Å². The van der Waals surface area contributed by atoms with E-state index in [1.54, 1.807) is 0 Å². The fourth-order valence-corrected chi connectivity index (χ4v) is 2.77. The fourth-order valence-electron chi connectivity index (χ4n) is 2.77. The predicted octanol–water partition coefficient (Wildman–Crippen LogP) is 2.65. The van der Waals surface area contributed by atoms with E-state index < -0.39 is 0 Å². The molecule has 1 unspecified atom stereocenters. The molecule has 1 aromatic heterocycles. The van der Waals surface area contributed by atoms with Crippen LogP contribution in [-0.2, 0) is 18.3 Å². The molecule has 0 spiro atoms. The number of nitrogens with zero attached hydrogens (tertiary/aromatic N) is 4. The monoisotopic (exact) mass is 372 g/mol. The van der Waals surface area contributed by atoms with E-state index in [2.05, 4.69) is 58.9 Å². The smallest absolute Gasteiger partial charge is 0.192 e. The molecule has 2 aromatic rings. The lowest BCUT2D eigenvalue weighted by Gasteiger charge is -2.20. The summed E-state index contributed by atoms with van der Waals surface area (Å²) in [6, 6.07) is 8.54. The molecule has 2 N–H and O–H groups in total. The van der Waals surface area contributed by atoms with Crippen molar-refractivity contribution in [1.29, 1.82) is 0 Å². The maximum Gasteiger partial charge on any atom is 0.192 e. The summed E-state index contributed by atoms with van der Waals surface area (Å²) in [5.41, 5.74) is 2.52. The predicted molar refractivity (Wildman–Crippen MR) is 109 cm³/mol. The van der Waals surface area contributed by atoms with Crippen molar-refractivity contribution in [3.8, 4) is 0 Å². The van der Waals surface area contributed by atoms with Crippen LogP contribution in [0, 0.1) is 13.8 Å². The van der Waals surface area contributed by atoms with Crippen LogP contribution in [0.2, 0.25) is 0 Å². The van der Waals surface area contributed by atoms with Crippen LogP contribution >= 0.6 is 0 Å². The van der Waals surface area contributed by atoms with Gasteiger partial charge in [0.2, 0.25) is 0 Å². The van der Waals surface area contributed by atoms with E-state index in [0.717, 1.165) is 43.8 Å². The van der Waals surface area contributed by atoms with Crippen molar-refractivity contribution in [1.82, 2.24) is 25.4 Å². The summed E-state index contributed by atoms with van der Waals surface area (Å²) in [4.78, 5) is 4.71. The summed E-state index contributed by atoms with van der Waals surface area (Å²) >= 11 is 0. The molecule has 7 nitrogen and oxygen atoms in total. The minimum Gasteiger partial charge on any atom is -0.382 e. The van der Waals surface area contributed by atoms with Crippen molar-refractivity contribution in [2.45, 2.75) is 46.7 Å². The highest BCUT2D eigenvalue weighted by atomic mass is 16.5. The summed E-state index contributed by atoms with van der Waals surface area (Å²) in [7, 11) is 1.96. The number of guanidine groups is 1. The average molecular weight is 373 g/mol. The van der Waals surface area contributed by atoms with Crippen LogP contribution in [0.3, 0.4) is 0 Å². The van der Waals surface area contributed by atoms with E-state index in [-0.39, 0.29) is 6.04 Å². The Balaban J connectivity index is 2.05. The molecule has 0 saturated carbocycles. The van der Waals surface area contributed by atoms with E-state index in [1.165, 1.54) is 11.1 Å². The van der Waals surface area contributed by atoms with E-state index in [9.17, 15) is 0 Å². The molecule has 148 valence electrons. The molecule has 0 fully saturated rings. The topological polar surface area (TPSA) is 76.4 Å². The molecule has 2 rings (SSSR count). The minimum atomic E-state index is 0.144. The maximum absolute atomic E-state index is 5.41. The van der Waals surface area contributed by atoms with Crippen molar-refractivity contribution < 1.29 is 4.74 Å². The molecule has 0 saturated heterocycles. The van der Waals surface area contributed by atoms with Gasteiger partial charge in [-0.05, 0) is 45.2 Å². The maximum atomic E-state index is 5.41. The second-order valence-electron chi connectivity index (χ2n) is 6.59. The number of hydrogen-bond donors (Lipinski definition) is 2. The Morgan fingerprint density at radius 2 is 2.04 bits per heavy atom. The van der Waals surface area contributed by atoms with Crippen molar-refractivity contribution in [3.63, 3.8) is 0 Å². The fraction of sp³-hybridized carbons (Fsp3) is 0.550. The molecule has 0 amide bonds. The van der Waals surface area contributed by atoms with Gasteiger partial charge in [0.1, 0.15) is 12.4 Å². The van der Waals surface area contributed by atoms with Crippen LogP contribution in [0.1, 0.15) is 49.1 Å². The van der Waals surface area contributed by atoms with Crippen molar-refractivity contribution in [2.75, 3.05) is 19.8 Å². The van der Waals surface area contributed by atoms with Gasteiger partial charge < -0.3 is 19.9 Å². The Hall–Kier alpha value is -2.41. The summed E-state index contributed by atoms with van der Waals surface area (Å²) < 4.78 is 7.37. The third-order valence-electron chi connectivity index (χ3n) is 4.53. The summed E-state index contributed by atoms with van der Waals surface area (Å²) in [6.07, 6.45) is 0.927. The second kappa shape index (κ2) is 10.7. The van der Waals surface area contributed by atoms with Gasteiger partial charge in [0.05, 0.1) is 6.04 Å². The lowest BCUT2D eigenvalue weighted by atomic mass is 10.0. The molecular weight excluding hydrogens is 340 g/mol. The third kappa shape index (κ3) is 6.36. The van der Waals surface area contributed by atoms with E-state index in [4.69, 9.17) is 9.73 Å². The van der Waals surface area contributed by atoms with Crippen molar-refractivity contribution >= 4 is 5.96 Å². The zero-order valence-corrected chi connectivity index (χ0v) is 17.1. The van der Waals surface area contributed by atoms with Crippen LogP contribution < -0.4 is 10.6 Å². The summed E-state index contributed by atoms with van der Waals surface area (Å²) in [5.74, 6) is 2.49. The normalized spacial score (nSPS) is 12.9. The molecule has 1 aromatic carbocycles. The third-order valence-corrected chi connectivity index (χ3v) is 4.53. The number of aryl methyl sites for hydroxylation is 2. The quantitative estimate of drug-likeness (QED) is 0.402. The highest BCUT2D eigenvalue weighted by Crippen LogP contribution is 2.16. The number of aliphatic imine (C=N–C) groups is 1. The van der Waals surface area contributed by atoms with Crippen LogP contribution in [0.5, 0.6) is 0 Å². The highest BCUT2D eigenvalue weighted by Gasteiger charge is 2.11. The molecule has 1 heterocycles. The molecular formula is C20H32N6O. The Morgan fingerprint density at radius 1 is 1.26 bits per heavy atom. The average Bonchev–Trinajstić information content (AvgIpc) is 2.98. The molecule has 0 bridgehead atoms. The first-order valence-corrected chi connectivity index (χ1v) is 9.56. The number of aromatic nitrogens is 3. The first kappa shape index (κ1) is 20.9. The Bertz CT molecular complexity index is 740. The van der Waals surface area contributed by atoms with Crippen LogP contribution in [-0.4, -0.2) is 40.5 Å². The number of rotatable bonds is 9. The lowest BCUT2D eigenvalue weighted by Crippen LogP contribution is -2.39. The molecule has 0 aliphatic carbocycles. The molecule has 27 heavy (non-hydrogen) atoms. The molecule has 0 radical (unpaired) electrons. The standard InChI is InChI=1S/C20H32N6O/c1-6-27-13-9-12-21-20(22-14-19-25-24-17(4)26(19)5)23-16(3)18-11-8-7-10-15(18)2/h7-8,10-11,16H,6,9,12-14H2,1-5H3,(H2,21,22,23). The van der Waals surface area contributed by atoms with Gasteiger partial charge in [0, 0.05) is 26.8 Å². The largest absolute Gasteiger partial charge is 0.382 e. The number of benzene rings is 1. The Labute approximate surface area is 162 Å². The molecule has 0 aliphatic rings. The van der Waals surface area contributed by atoms with Crippen LogP contribution in [0.4, 0.5) is 0 Å².